The number of ketones is 1. The molecule has 0 saturated heterocycles. The van der Waals surface area contributed by atoms with Crippen molar-refractivity contribution in [1.29, 1.82) is 0 Å². The van der Waals surface area contributed by atoms with E-state index in [0.717, 1.165) is 5.56 Å². The summed E-state index contributed by atoms with van der Waals surface area (Å²) in [7, 11) is 2.85. The molecule has 1 aliphatic heterocycles. The molecule has 0 radical (unpaired) electrons. The highest BCUT2D eigenvalue weighted by atomic mass is 16.5. The maximum absolute atomic E-state index is 13.1. The van der Waals surface area contributed by atoms with Gasteiger partial charge in [-0.15, -0.1) is 0 Å². The van der Waals surface area contributed by atoms with Crippen LogP contribution in [-0.4, -0.2) is 31.9 Å². The molecule has 1 aromatic carbocycles. The summed E-state index contributed by atoms with van der Waals surface area (Å²) in [5.41, 5.74) is 1.97. The Morgan fingerprint density at radius 2 is 1.96 bits per heavy atom. The van der Waals surface area contributed by atoms with Crippen molar-refractivity contribution in [3.8, 4) is 5.75 Å². The summed E-state index contributed by atoms with van der Waals surface area (Å²) in [6.45, 7) is 1.82. The Balaban J connectivity index is 2.07. The SMILES string of the molecule is COC(=O)[C@@H]1C(=O)C2=C(C[C@H]1C)NC(=O)C[C@H]2c1cccc(OC)c1. The summed E-state index contributed by atoms with van der Waals surface area (Å²) in [6, 6.07) is 7.33. The topological polar surface area (TPSA) is 81.7 Å². The number of hydrogen-bond donors (Lipinski definition) is 1. The molecule has 1 heterocycles. The van der Waals surface area contributed by atoms with Crippen LogP contribution in [0.3, 0.4) is 0 Å². The molecule has 25 heavy (non-hydrogen) atoms. The Bertz CT molecular complexity index is 767. The normalized spacial score (nSPS) is 26.0. The van der Waals surface area contributed by atoms with E-state index in [-0.39, 0.29) is 29.9 Å². The zero-order chi connectivity index (χ0) is 18.1. The van der Waals surface area contributed by atoms with Gasteiger partial charge in [0.05, 0.1) is 14.2 Å². The summed E-state index contributed by atoms with van der Waals surface area (Å²) in [5, 5.41) is 2.82. The predicted octanol–water partition coefficient (Wildman–Crippen LogP) is 1.95. The second-order valence-corrected chi connectivity index (χ2v) is 6.52. The molecule has 1 N–H and O–H groups in total. The lowest BCUT2D eigenvalue weighted by atomic mass is 9.70. The van der Waals surface area contributed by atoms with Crippen LogP contribution in [-0.2, 0) is 19.1 Å². The molecule has 0 saturated carbocycles. The largest absolute Gasteiger partial charge is 0.497 e. The van der Waals surface area contributed by atoms with E-state index in [9.17, 15) is 14.4 Å². The van der Waals surface area contributed by atoms with E-state index < -0.39 is 11.9 Å². The van der Waals surface area contributed by atoms with E-state index in [0.29, 0.717) is 23.4 Å². The molecule has 3 atom stereocenters. The van der Waals surface area contributed by atoms with Crippen LogP contribution >= 0.6 is 0 Å². The summed E-state index contributed by atoms with van der Waals surface area (Å²) in [5.74, 6) is -1.67. The van der Waals surface area contributed by atoms with Crippen molar-refractivity contribution in [2.45, 2.75) is 25.7 Å². The van der Waals surface area contributed by atoms with Crippen molar-refractivity contribution < 1.29 is 23.9 Å². The molecule has 1 amide bonds. The summed E-state index contributed by atoms with van der Waals surface area (Å²) < 4.78 is 10.1. The van der Waals surface area contributed by atoms with Crippen molar-refractivity contribution in [1.82, 2.24) is 5.32 Å². The number of carbonyl (C=O) groups is 3. The standard InChI is InChI=1S/C19H21NO5/c1-10-7-14-17(18(22)16(10)19(23)25-3)13(9-15(21)20-14)11-5-4-6-12(8-11)24-2/h4-6,8,10,13,16H,7,9H2,1-3H3,(H,20,21)/t10-,13+,16+/m1/s1. The third kappa shape index (κ3) is 3.04. The zero-order valence-corrected chi connectivity index (χ0v) is 14.5. The first-order chi connectivity index (χ1) is 12.0. The zero-order valence-electron chi connectivity index (χ0n) is 14.5. The van der Waals surface area contributed by atoms with Crippen molar-refractivity contribution in [2.75, 3.05) is 14.2 Å². The summed E-state index contributed by atoms with van der Waals surface area (Å²) in [6.07, 6.45) is 0.632. The number of carbonyl (C=O) groups excluding carboxylic acids is 3. The number of rotatable bonds is 3. The molecule has 1 aromatic rings. The van der Waals surface area contributed by atoms with Crippen molar-refractivity contribution in [3.63, 3.8) is 0 Å². The average molecular weight is 343 g/mol. The molecular formula is C19H21NO5. The maximum Gasteiger partial charge on any atom is 0.316 e. The van der Waals surface area contributed by atoms with Crippen LogP contribution in [0.2, 0.25) is 0 Å². The first-order valence-corrected chi connectivity index (χ1v) is 8.25. The molecule has 2 aliphatic rings. The van der Waals surface area contributed by atoms with Gasteiger partial charge < -0.3 is 14.8 Å². The molecule has 132 valence electrons. The van der Waals surface area contributed by atoms with Crippen molar-refractivity contribution in [3.05, 3.63) is 41.1 Å². The van der Waals surface area contributed by atoms with Gasteiger partial charge in [0, 0.05) is 23.6 Å². The van der Waals surface area contributed by atoms with Gasteiger partial charge in [0.2, 0.25) is 5.91 Å². The maximum atomic E-state index is 13.1. The monoisotopic (exact) mass is 343 g/mol. The fourth-order valence-electron chi connectivity index (χ4n) is 3.74. The molecule has 0 bridgehead atoms. The highest BCUT2D eigenvalue weighted by Gasteiger charge is 2.45. The van der Waals surface area contributed by atoms with E-state index >= 15 is 0 Å². The van der Waals surface area contributed by atoms with E-state index in [1.807, 2.05) is 31.2 Å². The molecule has 3 rings (SSSR count). The third-order valence-corrected chi connectivity index (χ3v) is 4.95. The van der Waals surface area contributed by atoms with Gasteiger partial charge >= 0.3 is 5.97 Å². The number of Topliss-reactive ketones (excluding diaryl/α,β-unsaturated/α-hetero) is 1. The molecular weight excluding hydrogens is 322 g/mol. The number of hydrogen-bond acceptors (Lipinski definition) is 5. The molecule has 6 heteroatoms. The van der Waals surface area contributed by atoms with Crippen LogP contribution in [0.15, 0.2) is 35.5 Å². The lowest BCUT2D eigenvalue weighted by Crippen LogP contribution is -2.44. The quantitative estimate of drug-likeness (QED) is 0.670. The predicted molar refractivity (Wildman–Crippen MR) is 89.8 cm³/mol. The first-order valence-electron chi connectivity index (χ1n) is 8.25. The third-order valence-electron chi connectivity index (χ3n) is 4.95. The molecule has 6 nitrogen and oxygen atoms in total. The van der Waals surface area contributed by atoms with Crippen molar-refractivity contribution in [2.24, 2.45) is 11.8 Å². The highest BCUT2D eigenvalue weighted by Crippen LogP contribution is 2.42. The van der Waals surface area contributed by atoms with E-state index in [4.69, 9.17) is 9.47 Å². The first kappa shape index (κ1) is 17.2. The van der Waals surface area contributed by atoms with E-state index in [2.05, 4.69) is 5.32 Å². The molecule has 0 unspecified atom stereocenters. The van der Waals surface area contributed by atoms with Gasteiger partial charge in [-0.1, -0.05) is 19.1 Å². The van der Waals surface area contributed by atoms with Gasteiger partial charge in [0.25, 0.3) is 0 Å². The van der Waals surface area contributed by atoms with E-state index in [1.54, 1.807) is 7.11 Å². The Labute approximate surface area is 146 Å². The minimum absolute atomic E-state index is 0.122. The number of benzene rings is 1. The molecule has 0 fully saturated rings. The Hall–Kier alpha value is -2.63. The van der Waals surface area contributed by atoms with Gasteiger partial charge in [0.15, 0.2) is 5.78 Å². The Morgan fingerprint density at radius 1 is 1.20 bits per heavy atom. The van der Waals surface area contributed by atoms with Crippen LogP contribution in [0.5, 0.6) is 5.75 Å². The van der Waals surface area contributed by atoms with Crippen LogP contribution in [0.4, 0.5) is 0 Å². The van der Waals surface area contributed by atoms with Crippen LogP contribution in [0, 0.1) is 11.8 Å². The Morgan fingerprint density at radius 3 is 2.64 bits per heavy atom. The van der Waals surface area contributed by atoms with Crippen molar-refractivity contribution >= 4 is 17.7 Å². The van der Waals surface area contributed by atoms with Gasteiger partial charge in [0.1, 0.15) is 11.7 Å². The van der Waals surface area contributed by atoms with E-state index in [1.165, 1.54) is 7.11 Å². The second-order valence-electron chi connectivity index (χ2n) is 6.52. The number of methoxy groups -OCH3 is 2. The highest BCUT2D eigenvalue weighted by molar-refractivity contribution is 6.11. The van der Waals surface area contributed by atoms with Gasteiger partial charge in [-0.2, -0.15) is 0 Å². The smallest absolute Gasteiger partial charge is 0.316 e. The van der Waals surface area contributed by atoms with Crippen LogP contribution in [0.25, 0.3) is 0 Å². The van der Waals surface area contributed by atoms with Gasteiger partial charge in [-0.25, -0.2) is 0 Å². The molecule has 0 aromatic heterocycles. The van der Waals surface area contributed by atoms with Crippen LogP contribution < -0.4 is 10.1 Å². The number of nitrogens with one attached hydrogen (secondary N) is 1. The second kappa shape index (κ2) is 6.70. The van der Waals surface area contributed by atoms with Gasteiger partial charge in [-0.3, -0.25) is 14.4 Å². The number of amides is 1. The summed E-state index contributed by atoms with van der Waals surface area (Å²) in [4.78, 5) is 37.3. The minimum Gasteiger partial charge on any atom is -0.497 e. The lowest BCUT2D eigenvalue weighted by Gasteiger charge is -2.36. The summed E-state index contributed by atoms with van der Waals surface area (Å²) >= 11 is 0. The Kier molecular flexibility index (Phi) is 4.61. The molecule has 1 aliphatic carbocycles. The minimum atomic E-state index is -0.827. The van der Waals surface area contributed by atoms with Gasteiger partial charge in [-0.05, 0) is 30.0 Å². The molecule has 0 spiro atoms. The fraction of sp³-hybridized carbons (Fsp3) is 0.421. The lowest BCUT2D eigenvalue weighted by molar-refractivity contribution is -0.151. The van der Waals surface area contributed by atoms with Crippen LogP contribution in [0.1, 0.15) is 31.2 Å². The number of esters is 1. The number of ether oxygens (including phenoxy) is 2. The average Bonchev–Trinajstić information content (AvgIpc) is 2.60. The fourth-order valence-corrected chi connectivity index (χ4v) is 3.74. The number of allylic oxidation sites excluding steroid dienone is 2.